The van der Waals surface area contributed by atoms with Crippen LogP contribution in [0.3, 0.4) is 0 Å². The van der Waals surface area contributed by atoms with Gasteiger partial charge in [0.25, 0.3) is 0 Å². The van der Waals surface area contributed by atoms with Crippen molar-refractivity contribution in [3.63, 3.8) is 0 Å². The van der Waals surface area contributed by atoms with Gasteiger partial charge >= 0.3 is 5.97 Å². The molecule has 0 unspecified atom stereocenters. The Morgan fingerprint density at radius 1 is 0.943 bits per heavy atom. The monoisotopic (exact) mass is 490 g/mol. The molecule has 0 radical (unpaired) electrons. The fourth-order valence-corrected chi connectivity index (χ4v) is 9.97. The fraction of sp³-hybridized carbons (Fsp3) is 0.968. The van der Waals surface area contributed by atoms with Gasteiger partial charge in [-0.15, -0.1) is 0 Å². The molecule has 0 spiro atoms. The van der Waals surface area contributed by atoms with Gasteiger partial charge in [-0.05, 0) is 116 Å². The van der Waals surface area contributed by atoms with Gasteiger partial charge in [0.1, 0.15) is 0 Å². The molecule has 0 aliphatic heterocycles. The Morgan fingerprint density at radius 2 is 1.63 bits per heavy atom. The lowest BCUT2D eigenvalue weighted by Gasteiger charge is -2.64. The zero-order chi connectivity index (χ0) is 25.5. The molecule has 202 valence electrons. The number of carbonyl (C=O) groups is 1. The highest BCUT2D eigenvalue weighted by atomic mass is 16.5. The third kappa shape index (κ3) is 4.97. The molecule has 4 saturated carbocycles. The lowest BCUT2D eigenvalue weighted by Crippen LogP contribution is -2.62. The summed E-state index contributed by atoms with van der Waals surface area (Å²) in [6.45, 7) is 14.5. The number of aliphatic hydroxyl groups excluding tert-OH is 2. The van der Waals surface area contributed by atoms with Crippen molar-refractivity contribution in [2.24, 2.45) is 58.2 Å². The highest BCUT2D eigenvalue weighted by molar-refractivity contribution is 5.69. The Bertz CT molecular complexity index is 735. The Morgan fingerprint density at radius 3 is 2.31 bits per heavy atom. The van der Waals surface area contributed by atoms with Gasteiger partial charge < -0.3 is 14.9 Å². The van der Waals surface area contributed by atoms with Crippen LogP contribution in [-0.4, -0.2) is 35.0 Å². The third-order valence-electron chi connectivity index (χ3n) is 11.9. The van der Waals surface area contributed by atoms with E-state index in [2.05, 4.69) is 41.5 Å². The van der Waals surface area contributed by atoms with Crippen LogP contribution in [-0.2, 0) is 9.53 Å². The summed E-state index contributed by atoms with van der Waals surface area (Å²) in [6.07, 6.45) is 10.9. The maximum Gasteiger partial charge on any atom is 0.305 e. The summed E-state index contributed by atoms with van der Waals surface area (Å²) in [4.78, 5) is 12.1. The molecule has 4 fully saturated rings. The fourth-order valence-electron chi connectivity index (χ4n) is 9.97. The molecule has 4 rings (SSSR count). The van der Waals surface area contributed by atoms with Crippen LogP contribution in [0, 0.1) is 58.2 Å². The molecule has 2 N–H and O–H groups in total. The molecule has 11 atom stereocenters. The molecule has 0 aromatic rings. The SMILES string of the molecule is CC[C@H]1[C@@H](O)[C@@H]2[C@H](CC[C@]3(C)[C@@H]([C@H](C)CCOC(=O)CCC(C)C)CC[C@@H]23)[C@@]2(C)CC[C@@H](O)C[C@@H]12. The van der Waals surface area contributed by atoms with Crippen LogP contribution in [0.1, 0.15) is 112 Å². The molecule has 35 heavy (non-hydrogen) atoms. The molecule has 4 heteroatoms. The molecular weight excluding hydrogens is 436 g/mol. The van der Waals surface area contributed by atoms with Gasteiger partial charge in [-0.25, -0.2) is 0 Å². The van der Waals surface area contributed by atoms with Gasteiger partial charge in [-0.3, -0.25) is 4.79 Å². The first-order chi connectivity index (χ1) is 16.5. The van der Waals surface area contributed by atoms with Crippen LogP contribution in [0.25, 0.3) is 0 Å². The van der Waals surface area contributed by atoms with Crippen molar-refractivity contribution in [3.8, 4) is 0 Å². The van der Waals surface area contributed by atoms with Crippen LogP contribution in [0.2, 0.25) is 0 Å². The van der Waals surface area contributed by atoms with Gasteiger partial charge in [-0.1, -0.05) is 48.0 Å². The Kier molecular flexibility index (Phi) is 8.33. The maximum absolute atomic E-state index is 12.1. The van der Waals surface area contributed by atoms with Crippen molar-refractivity contribution in [2.45, 2.75) is 124 Å². The molecule has 0 heterocycles. The second-order valence-electron chi connectivity index (χ2n) is 14.0. The highest BCUT2D eigenvalue weighted by Crippen LogP contribution is 2.69. The van der Waals surface area contributed by atoms with Crippen molar-refractivity contribution in [1.29, 1.82) is 0 Å². The molecule has 0 aromatic carbocycles. The van der Waals surface area contributed by atoms with E-state index in [1.165, 1.54) is 25.7 Å². The maximum atomic E-state index is 12.1. The van der Waals surface area contributed by atoms with E-state index < -0.39 is 0 Å². The van der Waals surface area contributed by atoms with E-state index in [0.717, 1.165) is 38.5 Å². The van der Waals surface area contributed by atoms with Crippen molar-refractivity contribution in [2.75, 3.05) is 6.61 Å². The number of esters is 1. The Hall–Kier alpha value is -0.610. The summed E-state index contributed by atoms with van der Waals surface area (Å²) in [7, 11) is 0. The second kappa shape index (κ2) is 10.6. The Balaban J connectivity index is 1.44. The second-order valence-corrected chi connectivity index (χ2v) is 14.0. The van der Waals surface area contributed by atoms with Crippen LogP contribution in [0.15, 0.2) is 0 Å². The molecule has 0 bridgehead atoms. The minimum absolute atomic E-state index is 0.0433. The molecule has 4 aliphatic carbocycles. The van der Waals surface area contributed by atoms with Gasteiger partial charge in [0.15, 0.2) is 0 Å². The average molecular weight is 491 g/mol. The van der Waals surface area contributed by atoms with Gasteiger partial charge in [0.05, 0.1) is 18.8 Å². The van der Waals surface area contributed by atoms with Crippen LogP contribution in [0.4, 0.5) is 0 Å². The van der Waals surface area contributed by atoms with Gasteiger partial charge in [0.2, 0.25) is 0 Å². The first-order valence-corrected chi connectivity index (χ1v) is 15.0. The zero-order valence-corrected chi connectivity index (χ0v) is 23.5. The first kappa shape index (κ1) is 27.4. The number of ether oxygens (including phenoxy) is 1. The van der Waals surface area contributed by atoms with Gasteiger partial charge in [-0.2, -0.15) is 0 Å². The number of rotatable bonds is 8. The van der Waals surface area contributed by atoms with E-state index in [4.69, 9.17) is 4.74 Å². The number of hydrogen-bond acceptors (Lipinski definition) is 4. The lowest BCUT2D eigenvalue weighted by molar-refractivity contribution is -0.203. The van der Waals surface area contributed by atoms with Crippen LogP contribution < -0.4 is 0 Å². The predicted molar refractivity (Wildman–Crippen MR) is 141 cm³/mol. The van der Waals surface area contributed by atoms with E-state index >= 15 is 0 Å². The van der Waals surface area contributed by atoms with Crippen molar-refractivity contribution >= 4 is 5.97 Å². The first-order valence-electron chi connectivity index (χ1n) is 15.0. The molecule has 0 saturated heterocycles. The zero-order valence-electron chi connectivity index (χ0n) is 23.5. The highest BCUT2D eigenvalue weighted by Gasteiger charge is 2.64. The smallest absolute Gasteiger partial charge is 0.305 e. The topological polar surface area (TPSA) is 66.8 Å². The third-order valence-corrected chi connectivity index (χ3v) is 11.9. The summed E-state index contributed by atoms with van der Waals surface area (Å²) < 4.78 is 5.60. The number of aliphatic hydroxyl groups is 2. The van der Waals surface area contributed by atoms with E-state index in [-0.39, 0.29) is 29.0 Å². The normalized spacial score (nSPS) is 46.0. The van der Waals surface area contributed by atoms with Crippen LogP contribution >= 0.6 is 0 Å². The van der Waals surface area contributed by atoms with Crippen molar-refractivity contribution in [3.05, 3.63) is 0 Å². The Labute approximate surface area is 215 Å². The summed E-state index contributed by atoms with van der Waals surface area (Å²) >= 11 is 0. The van der Waals surface area contributed by atoms with E-state index in [1.807, 2.05) is 0 Å². The molecule has 0 amide bonds. The molecule has 4 aliphatic rings. The van der Waals surface area contributed by atoms with Crippen molar-refractivity contribution in [1.82, 2.24) is 0 Å². The number of fused-ring (bicyclic) bond motifs is 5. The number of carbonyl (C=O) groups excluding carboxylic acids is 1. The molecular formula is C31H54O4. The lowest BCUT2D eigenvalue weighted by atomic mass is 9.41. The van der Waals surface area contributed by atoms with Gasteiger partial charge in [0, 0.05) is 6.42 Å². The summed E-state index contributed by atoms with van der Waals surface area (Å²) in [5, 5.41) is 22.3. The van der Waals surface area contributed by atoms with Crippen LogP contribution in [0.5, 0.6) is 0 Å². The quantitative estimate of drug-likeness (QED) is 0.375. The van der Waals surface area contributed by atoms with E-state index in [9.17, 15) is 15.0 Å². The van der Waals surface area contributed by atoms with Crippen molar-refractivity contribution < 1.29 is 19.7 Å². The molecule has 4 nitrogen and oxygen atoms in total. The average Bonchev–Trinajstić information content (AvgIpc) is 3.16. The minimum Gasteiger partial charge on any atom is -0.466 e. The predicted octanol–water partition coefficient (Wildman–Crippen LogP) is 6.62. The number of hydrogen-bond donors (Lipinski definition) is 2. The molecule has 0 aromatic heterocycles. The summed E-state index contributed by atoms with van der Waals surface area (Å²) in [6, 6.07) is 0. The summed E-state index contributed by atoms with van der Waals surface area (Å²) in [5.41, 5.74) is 0.540. The summed E-state index contributed by atoms with van der Waals surface area (Å²) in [5.74, 6) is 4.04. The van der Waals surface area contributed by atoms with E-state index in [1.54, 1.807) is 0 Å². The largest absolute Gasteiger partial charge is 0.466 e. The minimum atomic E-state index is -0.228. The van der Waals surface area contributed by atoms with E-state index in [0.29, 0.717) is 60.4 Å². The standard InChI is InChI=1S/C31H54O4/c1-7-22-26-18-21(32)12-15-31(26,6)25-13-16-30(5)23(9-10-24(30)28(25)29(22)34)20(4)14-17-35-27(33)11-8-19(2)3/h19-26,28-29,32,34H,7-18H2,1-6H3/t20-,21-,22-,23-,24+,25+,26+,28+,29-,30-,31-/m1/s1.